The van der Waals surface area contributed by atoms with Crippen LogP contribution in [-0.4, -0.2) is 24.4 Å². The van der Waals surface area contributed by atoms with Crippen molar-refractivity contribution in [1.29, 1.82) is 0 Å². The molecule has 0 rings (SSSR count). The maximum absolute atomic E-state index is 12.5. The van der Waals surface area contributed by atoms with E-state index in [9.17, 15) is 9.59 Å². The summed E-state index contributed by atoms with van der Waals surface area (Å²) in [5.74, 6) is 0.850. The van der Waals surface area contributed by atoms with E-state index >= 15 is 0 Å². The van der Waals surface area contributed by atoms with Gasteiger partial charge in [-0.15, -0.1) is 0 Å². The summed E-state index contributed by atoms with van der Waals surface area (Å²) in [4.78, 5) is 24.7. The topological polar surface area (TPSA) is 58.2 Å². The number of unbranched alkanes of at least 4 members (excludes halogenated alkanes) is 22. The Hall–Kier alpha value is -1.32. The molecule has 260 valence electrons. The lowest BCUT2D eigenvalue weighted by molar-refractivity contribution is -0.122. The third-order valence-electron chi connectivity index (χ3n) is 9.09. The lowest BCUT2D eigenvalue weighted by Crippen LogP contribution is -2.38. The van der Waals surface area contributed by atoms with Crippen LogP contribution in [0, 0.1) is 5.92 Å². The molecule has 0 aromatic heterocycles. The second kappa shape index (κ2) is 34.6. The van der Waals surface area contributed by atoms with Crippen LogP contribution in [0.3, 0.4) is 0 Å². The Kier molecular flexibility index (Phi) is 33.5. The Morgan fingerprint density at radius 1 is 0.500 bits per heavy atom. The SMILES string of the molecule is CCCCCCCC/C=C\CCCCCCCC(=O)NCCCC[C@H](NC(=O)CCCCCCCCCCCCC)C(C)C. The molecule has 2 N–H and O–H groups in total. The molecule has 4 heteroatoms. The predicted molar refractivity (Wildman–Crippen MR) is 194 cm³/mol. The largest absolute Gasteiger partial charge is 0.356 e. The van der Waals surface area contributed by atoms with Crippen molar-refractivity contribution >= 4 is 11.8 Å². The van der Waals surface area contributed by atoms with Crippen LogP contribution < -0.4 is 10.6 Å². The van der Waals surface area contributed by atoms with E-state index in [0.29, 0.717) is 18.8 Å². The normalized spacial score (nSPS) is 12.3. The van der Waals surface area contributed by atoms with Crippen LogP contribution in [0.15, 0.2) is 12.2 Å². The first-order valence-electron chi connectivity index (χ1n) is 19.7. The maximum atomic E-state index is 12.5. The van der Waals surface area contributed by atoms with Crippen molar-refractivity contribution in [1.82, 2.24) is 10.6 Å². The van der Waals surface area contributed by atoms with Crippen LogP contribution in [0.5, 0.6) is 0 Å². The Bertz CT molecular complexity index is 645. The van der Waals surface area contributed by atoms with E-state index in [-0.39, 0.29) is 17.9 Å². The Labute approximate surface area is 276 Å². The third-order valence-corrected chi connectivity index (χ3v) is 9.09. The highest BCUT2D eigenvalue weighted by Gasteiger charge is 2.15. The van der Waals surface area contributed by atoms with Crippen LogP contribution in [0.1, 0.15) is 214 Å². The zero-order chi connectivity index (χ0) is 32.4. The Balaban J connectivity index is 3.62. The molecular formula is C40H78N2O2. The van der Waals surface area contributed by atoms with Gasteiger partial charge in [0.1, 0.15) is 0 Å². The van der Waals surface area contributed by atoms with E-state index in [2.05, 4.69) is 50.5 Å². The summed E-state index contributed by atoms with van der Waals surface area (Å²) in [5, 5.41) is 6.40. The van der Waals surface area contributed by atoms with Crippen molar-refractivity contribution < 1.29 is 9.59 Å². The smallest absolute Gasteiger partial charge is 0.220 e. The second-order valence-corrected chi connectivity index (χ2v) is 13.9. The quantitative estimate of drug-likeness (QED) is 0.0557. The summed E-state index contributed by atoms with van der Waals surface area (Å²) >= 11 is 0. The molecular weight excluding hydrogens is 540 g/mol. The molecule has 0 aliphatic rings. The van der Waals surface area contributed by atoms with Crippen LogP contribution in [0.2, 0.25) is 0 Å². The minimum Gasteiger partial charge on any atom is -0.356 e. The standard InChI is InChI=1S/C40H78N2O2/c1-5-7-9-11-13-15-17-18-19-20-22-23-25-27-29-34-39(43)41-36-32-31-33-38(37(3)4)42-40(44)35-30-28-26-24-21-16-14-12-10-8-6-2/h18-19,37-38H,5-17,20-36H2,1-4H3,(H,41,43)(H,42,44)/b19-18-/t38-/m0/s1. The van der Waals surface area contributed by atoms with Gasteiger partial charge in [-0.2, -0.15) is 0 Å². The minimum absolute atomic E-state index is 0.198. The number of nitrogens with one attached hydrogen (secondary N) is 2. The van der Waals surface area contributed by atoms with Crippen molar-refractivity contribution in [3.05, 3.63) is 12.2 Å². The van der Waals surface area contributed by atoms with Crippen molar-refractivity contribution in [2.75, 3.05) is 6.54 Å². The van der Waals surface area contributed by atoms with Gasteiger partial charge in [0.15, 0.2) is 0 Å². The fraction of sp³-hybridized carbons (Fsp3) is 0.900. The van der Waals surface area contributed by atoms with E-state index in [1.807, 2.05) is 0 Å². The van der Waals surface area contributed by atoms with Gasteiger partial charge in [0.2, 0.25) is 11.8 Å². The van der Waals surface area contributed by atoms with Crippen molar-refractivity contribution in [3.63, 3.8) is 0 Å². The number of hydrogen-bond acceptors (Lipinski definition) is 2. The summed E-state index contributed by atoms with van der Waals surface area (Å²) in [6.45, 7) is 9.69. The molecule has 0 spiro atoms. The molecule has 1 atom stereocenters. The molecule has 0 bridgehead atoms. The van der Waals surface area contributed by atoms with Crippen LogP contribution in [0.4, 0.5) is 0 Å². The second-order valence-electron chi connectivity index (χ2n) is 13.9. The number of carbonyl (C=O) groups excluding carboxylic acids is 2. The average Bonchev–Trinajstić information content (AvgIpc) is 3.00. The molecule has 44 heavy (non-hydrogen) atoms. The van der Waals surface area contributed by atoms with Gasteiger partial charge in [0.05, 0.1) is 0 Å². The molecule has 0 radical (unpaired) electrons. The molecule has 2 amide bonds. The summed E-state index contributed by atoms with van der Waals surface area (Å²) in [6.07, 6.45) is 40.1. The monoisotopic (exact) mass is 619 g/mol. The van der Waals surface area contributed by atoms with E-state index in [1.165, 1.54) is 135 Å². The summed E-state index contributed by atoms with van der Waals surface area (Å²) in [7, 11) is 0. The van der Waals surface area contributed by atoms with Gasteiger partial charge in [0.25, 0.3) is 0 Å². The number of hydrogen-bond donors (Lipinski definition) is 2. The number of carbonyl (C=O) groups is 2. The van der Waals surface area contributed by atoms with Crippen LogP contribution in [0.25, 0.3) is 0 Å². The van der Waals surface area contributed by atoms with Gasteiger partial charge in [0, 0.05) is 25.4 Å². The molecule has 0 saturated carbocycles. The average molecular weight is 619 g/mol. The highest BCUT2D eigenvalue weighted by molar-refractivity contribution is 5.76. The molecule has 0 fully saturated rings. The first-order valence-corrected chi connectivity index (χ1v) is 19.7. The highest BCUT2D eigenvalue weighted by Crippen LogP contribution is 2.14. The lowest BCUT2D eigenvalue weighted by atomic mass is 9.98. The lowest BCUT2D eigenvalue weighted by Gasteiger charge is -2.22. The molecule has 0 aliphatic heterocycles. The number of rotatable bonds is 34. The zero-order valence-electron chi connectivity index (χ0n) is 30.3. The van der Waals surface area contributed by atoms with Crippen LogP contribution in [-0.2, 0) is 9.59 Å². The van der Waals surface area contributed by atoms with Crippen molar-refractivity contribution in [3.8, 4) is 0 Å². The van der Waals surface area contributed by atoms with Crippen molar-refractivity contribution in [2.45, 2.75) is 220 Å². The molecule has 0 aliphatic carbocycles. The third kappa shape index (κ3) is 32.1. The van der Waals surface area contributed by atoms with Gasteiger partial charge in [-0.1, -0.05) is 155 Å². The number of amides is 2. The fourth-order valence-electron chi connectivity index (χ4n) is 5.96. The highest BCUT2D eigenvalue weighted by atomic mass is 16.2. The summed E-state index contributed by atoms with van der Waals surface area (Å²) < 4.78 is 0. The summed E-state index contributed by atoms with van der Waals surface area (Å²) in [6, 6.07) is 0.238. The van der Waals surface area contributed by atoms with Gasteiger partial charge in [-0.25, -0.2) is 0 Å². The van der Waals surface area contributed by atoms with Gasteiger partial charge >= 0.3 is 0 Å². The molecule has 0 aromatic rings. The molecule has 0 heterocycles. The minimum atomic E-state index is 0.198. The number of allylic oxidation sites excluding steroid dienone is 2. The van der Waals surface area contributed by atoms with E-state index < -0.39 is 0 Å². The van der Waals surface area contributed by atoms with E-state index in [1.54, 1.807) is 0 Å². The van der Waals surface area contributed by atoms with Crippen molar-refractivity contribution in [2.24, 2.45) is 5.92 Å². The molecule has 0 aromatic carbocycles. The van der Waals surface area contributed by atoms with E-state index in [0.717, 1.165) is 45.1 Å². The first kappa shape index (κ1) is 42.7. The Morgan fingerprint density at radius 2 is 0.909 bits per heavy atom. The Morgan fingerprint density at radius 3 is 1.36 bits per heavy atom. The molecule has 0 unspecified atom stereocenters. The van der Waals surface area contributed by atoms with E-state index in [4.69, 9.17) is 0 Å². The molecule has 0 saturated heterocycles. The zero-order valence-corrected chi connectivity index (χ0v) is 30.3. The predicted octanol–water partition coefficient (Wildman–Crippen LogP) is 12.2. The summed E-state index contributed by atoms with van der Waals surface area (Å²) in [5.41, 5.74) is 0. The first-order chi connectivity index (χ1) is 21.5. The van der Waals surface area contributed by atoms with Gasteiger partial charge < -0.3 is 10.6 Å². The molecule has 4 nitrogen and oxygen atoms in total. The van der Waals surface area contributed by atoms with Crippen LogP contribution >= 0.6 is 0 Å². The van der Waals surface area contributed by atoms with Gasteiger partial charge in [-0.05, 0) is 63.7 Å². The fourth-order valence-corrected chi connectivity index (χ4v) is 5.96. The maximum Gasteiger partial charge on any atom is 0.220 e. The van der Waals surface area contributed by atoms with Gasteiger partial charge in [-0.3, -0.25) is 9.59 Å².